The van der Waals surface area contributed by atoms with Crippen LogP contribution in [0.2, 0.25) is 0 Å². The fourth-order valence-corrected chi connectivity index (χ4v) is 1.66. The van der Waals surface area contributed by atoms with E-state index in [1.807, 2.05) is 0 Å². The van der Waals surface area contributed by atoms with Gasteiger partial charge in [-0.1, -0.05) is 0 Å². The molecular formula is C9H5F15O2. The molecule has 0 aromatic heterocycles. The van der Waals surface area contributed by atoms with Gasteiger partial charge < -0.3 is 9.84 Å². The predicted octanol–water partition coefficient (Wildman–Crippen LogP) is 4.33. The average molecular weight is 430 g/mol. The minimum absolute atomic E-state index is 2.06. The van der Waals surface area contributed by atoms with Crippen molar-refractivity contribution in [3.05, 3.63) is 0 Å². The van der Waals surface area contributed by atoms with E-state index in [-0.39, 0.29) is 0 Å². The fourth-order valence-electron chi connectivity index (χ4n) is 1.66. The van der Waals surface area contributed by atoms with Gasteiger partial charge in [0.15, 0.2) is 0 Å². The van der Waals surface area contributed by atoms with Gasteiger partial charge in [-0.15, -0.1) is 0 Å². The van der Waals surface area contributed by atoms with Gasteiger partial charge in [0, 0.05) is 0 Å². The standard InChI is InChI=1S/C9H5F15O2/c10-4(11,7(16,17)18)3(26-2-1-25,5(12,13)8(19,20)21)6(14,15)9(22,23)24/h25H,1-2H2. The first-order valence-electron chi connectivity index (χ1n) is 5.64. The normalized spacial score (nSPS) is 16.2. The van der Waals surface area contributed by atoms with Gasteiger partial charge in [-0.3, -0.25) is 0 Å². The van der Waals surface area contributed by atoms with Crippen LogP contribution in [0.5, 0.6) is 0 Å². The molecule has 0 aromatic rings. The Morgan fingerprint density at radius 1 is 0.500 bits per heavy atom. The second-order valence-corrected chi connectivity index (χ2v) is 4.47. The predicted molar refractivity (Wildman–Crippen MR) is 48.8 cm³/mol. The van der Waals surface area contributed by atoms with E-state index in [1.165, 1.54) is 0 Å². The molecule has 0 saturated heterocycles. The lowest BCUT2D eigenvalue weighted by molar-refractivity contribution is -0.494. The SMILES string of the molecule is OCCOC(C(F)(F)C(F)(F)F)(C(F)(F)C(F)(F)F)C(F)(F)C(F)(F)F. The van der Waals surface area contributed by atoms with Crippen molar-refractivity contribution in [2.75, 3.05) is 13.2 Å². The van der Waals surface area contributed by atoms with E-state index in [9.17, 15) is 65.9 Å². The summed E-state index contributed by atoms with van der Waals surface area (Å²) in [4.78, 5) is 0. The third kappa shape index (κ3) is 3.27. The Labute approximate surface area is 132 Å². The van der Waals surface area contributed by atoms with Gasteiger partial charge in [-0.25, -0.2) is 0 Å². The Morgan fingerprint density at radius 3 is 0.885 bits per heavy atom. The van der Waals surface area contributed by atoms with E-state index in [4.69, 9.17) is 5.11 Å². The van der Waals surface area contributed by atoms with E-state index in [1.54, 1.807) is 0 Å². The average Bonchev–Trinajstić information content (AvgIpc) is 2.34. The molecule has 0 aliphatic heterocycles. The van der Waals surface area contributed by atoms with Gasteiger partial charge in [-0.05, 0) is 0 Å². The highest BCUT2D eigenvalue weighted by molar-refractivity contribution is 5.19. The summed E-state index contributed by atoms with van der Waals surface area (Å²) in [5, 5.41) is 8.13. The highest BCUT2D eigenvalue weighted by atomic mass is 19.4. The number of aliphatic hydroxyl groups is 1. The summed E-state index contributed by atoms with van der Waals surface area (Å²) in [5.74, 6) is -24.3. The molecule has 0 radical (unpaired) electrons. The van der Waals surface area contributed by atoms with Gasteiger partial charge in [0.2, 0.25) is 0 Å². The molecule has 2 nitrogen and oxygen atoms in total. The van der Waals surface area contributed by atoms with Crippen molar-refractivity contribution in [1.82, 2.24) is 0 Å². The summed E-state index contributed by atoms with van der Waals surface area (Å²) < 4.78 is 193. The molecule has 1 N–H and O–H groups in total. The lowest BCUT2D eigenvalue weighted by Gasteiger charge is -2.48. The topological polar surface area (TPSA) is 29.5 Å². The number of halogens is 15. The van der Waals surface area contributed by atoms with Gasteiger partial charge in [-0.2, -0.15) is 65.9 Å². The molecule has 0 amide bonds. The van der Waals surface area contributed by atoms with Crippen LogP contribution in [0.1, 0.15) is 0 Å². The van der Waals surface area contributed by atoms with Crippen LogP contribution in [-0.4, -0.2) is 60.2 Å². The van der Waals surface area contributed by atoms with E-state index < -0.39 is 55.1 Å². The largest absolute Gasteiger partial charge is 0.456 e. The highest BCUT2D eigenvalue weighted by Gasteiger charge is 2.97. The summed E-state index contributed by atoms with van der Waals surface area (Å²) >= 11 is 0. The third-order valence-electron chi connectivity index (χ3n) is 2.80. The molecule has 0 saturated carbocycles. The quantitative estimate of drug-likeness (QED) is 0.637. The van der Waals surface area contributed by atoms with Crippen LogP contribution >= 0.6 is 0 Å². The van der Waals surface area contributed by atoms with Crippen molar-refractivity contribution >= 4 is 0 Å². The number of ether oxygens (including phenoxy) is 1. The van der Waals surface area contributed by atoms with Crippen LogP contribution in [0, 0.1) is 0 Å². The summed E-state index contributed by atoms with van der Waals surface area (Å²) in [6.45, 7) is -4.64. The Kier molecular flexibility index (Phi) is 6.21. The molecule has 0 aliphatic rings. The van der Waals surface area contributed by atoms with Crippen molar-refractivity contribution in [2.24, 2.45) is 0 Å². The minimum atomic E-state index is -8.09. The Balaban J connectivity index is 7.35. The van der Waals surface area contributed by atoms with Crippen LogP contribution < -0.4 is 0 Å². The van der Waals surface area contributed by atoms with E-state index in [0.29, 0.717) is 0 Å². The Bertz CT molecular complexity index is 420. The lowest BCUT2D eigenvalue weighted by atomic mass is 9.80. The molecule has 0 atom stereocenters. The highest BCUT2D eigenvalue weighted by Crippen LogP contribution is 2.64. The first kappa shape index (κ1) is 24.9. The van der Waals surface area contributed by atoms with E-state index >= 15 is 0 Å². The molecule has 17 heteroatoms. The monoisotopic (exact) mass is 430 g/mol. The van der Waals surface area contributed by atoms with Crippen molar-refractivity contribution in [2.45, 2.75) is 41.9 Å². The van der Waals surface area contributed by atoms with E-state index in [0.717, 1.165) is 0 Å². The number of hydrogen-bond donors (Lipinski definition) is 1. The summed E-state index contributed by atoms with van der Waals surface area (Å²) in [6.07, 6.45) is -23.3. The van der Waals surface area contributed by atoms with Crippen LogP contribution in [0.15, 0.2) is 0 Å². The number of rotatable bonds is 6. The van der Waals surface area contributed by atoms with Crippen LogP contribution in [-0.2, 0) is 4.74 Å². The molecule has 0 fully saturated rings. The molecule has 158 valence electrons. The maximum atomic E-state index is 13.3. The van der Waals surface area contributed by atoms with Crippen LogP contribution in [0.4, 0.5) is 65.9 Å². The zero-order valence-corrected chi connectivity index (χ0v) is 11.4. The van der Waals surface area contributed by atoms with Crippen LogP contribution in [0.3, 0.4) is 0 Å². The molecule has 26 heavy (non-hydrogen) atoms. The van der Waals surface area contributed by atoms with Crippen LogP contribution in [0.25, 0.3) is 0 Å². The van der Waals surface area contributed by atoms with Gasteiger partial charge in [0.1, 0.15) is 0 Å². The van der Waals surface area contributed by atoms with E-state index in [2.05, 4.69) is 4.74 Å². The Hall–Kier alpha value is -1.13. The second kappa shape index (κ2) is 6.49. The van der Waals surface area contributed by atoms with Crippen molar-refractivity contribution in [3.63, 3.8) is 0 Å². The number of hydrogen-bond acceptors (Lipinski definition) is 2. The zero-order chi connectivity index (χ0) is 21.6. The maximum absolute atomic E-state index is 13.3. The smallest absolute Gasteiger partial charge is 0.394 e. The van der Waals surface area contributed by atoms with Crippen molar-refractivity contribution in [1.29, 1.82) is 0 Å². The Morgan fingerprint density at radius 2 is 0.731 bits per heavy atom. The second-order valence-electron chi connectivity index (χ2n) is 4.47. The fraction of sp³-hybridized carbons (Fsp3) is 1.00. The summed E-state index contributed by atoms with van der Waals surface area (Å²) in [5.41, 5.74) is -7.84. The molecule has 0 unspecified atom stereocenters. The molecule has 0 heterocycles. The van der Waals surface area contributed by atoms with Crippen molar-refractivity contribution < 1.29 is 75.7 Å². The number of aliphatic hydroxyl groups excluding tert-OH is 1. The lowest BCUT2D eigenvalue weighted by Crippen LogP contribution is -2.81. The van der Waals surface area contributed by atoms with Crippen molar-refractivity contribution in [3.8, 4) is 0 Å². The zero-order valence-electron chi connectivity index (χ0n) is 11.4. The van der Waals surface area contributed by atoms with Gasteiger partial charge in [0.05, 0.1) is 13.2 Å². The molecule has 0 aliphatic carbocycles. The molecule has 0 rings (SSSR count). The molecular weight excluding hydrogens is 425 g/mol. The summed E-state index contributed by atoms with van der Waals surface area (Å²) in [6, 6.07) is 0. The summed E-state index contributed by atoms with van der Waals surface area (Å²) in [7, 11) is 0. The first-order chi connectivity index (χ1) is 11.1. The molecule has 0 spiro atoms. The minimum Gasteiger partial charge on any atom is -0.394 e. The molecule has 0 aromatic carbocycles. The van der Waals surface area contributed by atoms with Gasteiger partial charge in [0.25, 0.3) is 5.60 Å². The number of alkyl halides is 15. The first-order valence-corrected chi connectivity index (χ1v) is 5.64. The maximum Gasteiger partial charge on any atom is 0.456 e. The molecule has 0 bridgehead atoms. The third-order valence-corrected chi connectivity index (χ3v) is 2.80. The van der Waals surface area contributed by atoms with Gasteiger partial charge >= 0.3 is 36.3 Å².